The Morgan fingerprint density at radius 3 is 2.50 bits per heavy atom. The number of carbonyl (C=O) groups is 3. The van der Waals surface area contributed by atoms with Crippen LogP contribution in [0.5, 0.6) is 0 Å². The van der Waals surface area contributed by atoms with Crippen molar-refractivity contribution in [3.05, 3.63) is 70.4 Å². The van der Waals surface area contributed by atoms with E-state index in [1.807, 2.05) is 0 Å². The molecule has 2 aromatic carbocycles. The lowest BCUT2D eigenvalue weighted by molar-refractivity contribution is -0.135. The molecule has 0 aliphatic heterocycles. The van der Waals surface area contributed by atoms with Crippen LogP contribution >= 0.6 is 11.6 Å². The van der Waals surface area contributed by atoms with Crippen LogP contribution in [0.15, 0.2) is 53.1 Å². The van der Waals surface area contributed by atoms with E-state index in [9.17, 15) is 14.4 Å². The zero-order chi connectivity index (χ0) is 23.3. The van der Waals surface area contributed by atoms with Gasteiger partial charge in [0.05, 0.1) is 0 Å². The lowest BCUT2D eigenvalue weighted by Gasteiger charge is -2.15. The molecule has 0 bridgehead atoms. The molecule has 0 fully saturated rings. The fraction of sp³-hybridized carbons (Fsp3) is 0.182. The lowest BCUT2D eigenvalue weighted by Crippen LogP contribution is -2.29. The van der Waals surface area contributed by atoms with Crippen LogP contribution in [-0.4, -0.2) is 34.8 Å². The summed E-state index contributed by atoms with van der Waals surface area (Å²) in [6.45, 7) is 2.88. The summed E-state index contributed by atoms with van der Waals surface area (Å²) in [4.78, 5) is 35.0. The number of ether oxygens (including phenoxy) is 1. The predicted molar refractivity (Wildman–Crippen MR) is 117 cm³/mol. The summed E-state index contributed by atoms with van der Waals surface area (Å²) in [6, 6.07) is 13.3. The van der Waals surface area contributed by atoms with Gasteiger partial charge in [0.2, 0.25) is 0 Å². The second-order valence-corrected chi connectivity index (χ2v) is 7.23. The number of hydrogen-bond acceptors (Lipinski definition) is 6. The molecule has 1 unspecified atom stereocenters. The van der Waals surface area contributed by atoms with E-state index in [4.69, 9.17) is 26.0 Å². The summed E-state index contributed by atoms with van der Waals surface area (Å²) in [5, 5.41) is 18.0. The van der Waals surface area contributed by atoms with Crippen LogP contribution in [0, 0.1) is 6.92 Å². The van der Waals surface area contributed by atoms with E-state index in [0.717, 1.165) is 0 Å². The molecule has 1 aromatic heterocycles. The van der Waals surface area contributed by atoms with Gasteiger partial charge >= 0.3 is 12.1 Å². The monoisotopic (exact) mass is 457 g/mol. The number of carbonyl (C=O) groups excluding carboxylic acids is 2. The molecular weight excluding hydrogens is 438 g/mol. The van der Waals surface area contributed by atoms with Crippen LogP contribution in [0.2, 0.25) is 5.02 Å². The fourth-order valence-electron chi connectivity index (χ4n) is 2.91. The quantitative estimate of drug-likeness (QED) is 0.478. The molecule has 0 radical (unpaired) electrons. The number of aryl methyl sites for hydroxylation is 1. The van der Waals surface area contributed by atoms with Gasteiger partial charge in [0.15, 0.2) is 5.76 Å². The highest BCUT2D eigenvalue weighted by Gasteiger charge is 2.21. The number of benzene rings is 2. The molecule has 0 spiro atoms. The van der Waals surface area contributed by atoms with Crippen molar-refractivity contribution in [2.45, 2.75) is 20.0 Å². The number of amides is 2. The third-order valence-corrected chi connectivity index (χ3v) is 4.87. The zero-order valence-electron chi connectivity index (χ0n) is 17.2. The van der Waals surface area contributed by atoms with Crippen molar-refractivity contribution in [1.29, 1.82) is 0 Å². The molecule has 10 heteroatoms. The maximum Gasteiger partial charge on any atom is 0.412 e. The van der Waals surface area contributed by atoms with Crippen molar-refractivity contribution in [1.82, 2.24) is 10.5 Å². The van der Waals surface area contributed by atoms with Crippen molar-refractivity contribution in [3.8, 4) is 11.3 Å². The van der Waals surface area contributed by atoms with Gasteiger partial charge in [-0.1, -0.05) is 47.1 Å². The first-order chi connectivity index (χ1) is 15.3. The van der Waals surface area contributed by atoms with E-state index in [1.54, 1.807) is 50.2 Å². The van der Waals surface area contributed by atoms with Crippen LogP contribution in [0.1, 0.15) is 34.6 Å². The Bertz CT molecular complexity index is 1140. The minimum atomic E-state index is -1.14. The van der Waals surface area contributed by atoms with E-state index >= 15 is 0 Å². The largest absolute Gasteiger partial charge is 0.480 e. The van der Waals surface area contributed by atoms with Gasteiger partial charge < -0.3 is 19.7 Å². The fourth-order valence-corrected chi connectivity index (χ4v) is 3.19. The Hall–Kier alpha value is -3.85. The number of carboxylic acids is 1. The molecule has 32 heavy (non-hydrogen) atoms. The number of rotatable bonds is 7. The first-order valence-electron chi connectivity index (χ1n) is 9.55. The van der Waals surface area contributed by atoms with Gasteiger partial charge in [0.1, 0.15) is 24.0 Å². The van der Waals surface area contributed by atoms with E-state index in [1.165, 1.54) is 12.1 Å². The van der Waals surface area contributed by atoms with Gasteiger partial charge in [-0.15, -0.1) is 0 Å². The predicted octanol–water partition coefficient (Wildman–Crippen LogP) is 4.43. The summed E-state index contributed by atoms with van der Waals surface area (Å²) >= 11 is 6.15. The Kier molecular flexibility index (Phi) is 7.11. The van der Waals surface area contributed by atoms with Gasteiger partial charge in [-0.05, 0) is 32.0 Å². The number of halogens is 1. The molecule has 1 heterocycles. The minimum Gasteiger partial charge on any atom is -0.480 e. The molecule has 0 aliphatic carbocycles. The molecule has 3 N–H and O–H groups in total. The summed E-state index contributed by atoms with van der Waals surface area (Å²) in [6.07, 6.45) is -1.30. The molecule has 2 amide bonds. The van der Waals surface area contributed by atoms with Gasteiger partial charge in [-0.25, -0.2) is 4.79 Å². The van der Waals surface area contributed by atoms with Crippen LogP contribution in [0.25, 0.3) is 11.3 Å². The molecule has 9 nitrogen and oxygen atoms in total. The molecule has 3 aromatic rings. The second kappa shape index (κ2) is 9.97. The van der Waals surface area contributed by atoms with Crippen molar-refractivity contribution in [2.75, 3.05) is 11.9 Å². The number of nitrogens with one attached hydrogen (secondary N) is 2. The van der Waals surface area contributed by atoms with Crippen molar-refractivity contribution in [2.24, 2.45) is 0 Å². The van der Waals surface area contributed by atoms with E-state index in [0.29, 0.717) is 27.5 Å². The Balaban J connectivity index is 1.72. The minimum absolute atomic E-state index is 0.272. The molecule has 0 aliphatic rings. The van der Waals surface area contributed by atoms with Crippen LogP contribution in [0.3, 0.4) is 0 Å². The number of aromatic nitrogens is 1. The normalized spacial score (nSPS) is 11.5. The summed E-state index contributed by atoms with van der Waals surface area (Å²) in [7, 11) is 0. The first-order valence-corrected chi connectivity index (χ1v) is 9.92. The smallest absolute Gasteiger partial charge is 0.412 e. The number of hydrogen-bond donors (Lipinski definition) is 3. The zero-order valence-corrected chi connectivity index (χ0v) is 18.0. The van der Waals surface area contributed by atoms with E-state index in [2.05, 4.69) is 15.8 Å². The standard InChI is InChI=1S/C22H20ClN3O6/c1-12-19(25-22(30)31-13(2)16-5-3-4-6-17(16)23)20(32-26-12)14-7-9-15(10-8-14)21(29)24-11-18(27)28/h3-10,13H,11H2,1-2H3,(H,24,29)(H,25,30)(H,27,28). The molecule has 1 atom stereocenters. The van der Waals surface area contributed by atoms with Gasteiger partial charge in [0, 0.05) is 21.7 Å². The second-order valence-electron chi connectivity index (χ2n) is 6.82. The molecular formula is C22H20ClN3O6. The van der Waals surface area contributed by atoms with Gasteiger partial charge in [-0.3, -0.25) is 14.9 Å². The maximum atomic E-state index is 12.5. The van der Waals surface area contributed by atoms with Crippen molar-refractivity contribution in [3.63, 3.8) is 0 Å². The van der Waals surface area contributed by atoms with Crippen molar-refractivity contribution >= 4 is 35.3 Å². The Labute approximate surface area is 188 Å². The molecule has 166 valence electrons. The van der Waals surface area contributed by atoms with E-state index in [-0.39, 0.29) is 11.3 Å². The molecule has 0 saturated heterocycles. The molecule has 0 saturated carbocycles. The highest BCUT2D eigenvalue weighted by Crippen LogP contribution is 2.32. The molecule has 3 rings (SSSR count). The van der Waals surface area contributed by atoms with E-state index < -0.39 is 30.6 Å². The summed E-state index contributed by atoms with van der Waals surface area (Å²) in [5.41, 5.74) is 2.25. The Morgan fingerprint density at radius 1 is 1.16 bits per heavy atom. The van der Waals surface area contributed by atoms with Gasteiger partial charge in [0.25, 0.3) is 5.91 Å². The lowest BCUT2D eigenvalue weighted by atomic mass is 10.1. The SMILES string of the molecule is Cc1noc(-c2ccc(C(=O)NCC(=O)O)cc2)c1NC(=O)OC(C)c1ccccc1Cl. The average molecular weight is 458 g/mol. The number of carboxylic acid groups (broad SMARTS) is 1. The topological polar surface area (TPSA) is 131 Å². The first kappa shape index (κ1) is 22.8. The maximum absolute atomic E-state index is 12.5. The highest BCUT2D eigenvalue weighted by molar-refractivity contribution is 6.31. The number of aliphatic carboxylic acids is 1. The summed E-state index contributed by atoms with van der Waals surface area (Å²) < 4.78 is 10.8. The van der Waals surface area contributed by atoms with Gasteiger partial charge in [-0.2, -0.15) is 0 Å². The summed E-state index contributed by atoms with van der Waals surface area (Å²) in [5.74, 6) is -1.39. The van der Waals surface area contributed by atoms with Crippen LogP contribution < -0.4 is 10.6 Å². The van der Waals surface area contributed by atoms with Crippen LogP contribution in [-0.2, 0) is 9.53 Å². The van der Waals surface area contributed by atoms with Crippen molar-refractivity contribution < 1.29 is 28.8 Å². The Morgan fingerprint density at radius 2 is 1.84 bits per heavy atom. The third-order valence-electron chi connectivity index (χ3n) is 4.53. The van der Waals surface area contributed by atoms with Crippen LogP contribution in [0.4, 0.5) is 10.5 Å². The third kappa shape index (κ3) is 5.44. The average Bonchev–Trinajstić information content (AvgIpc) is 3.12. The number of nitrogens with zero attached hydrogens (tertiary/aromatic N) is 1. The highest BCUT2D eigenvalue weighted by atomic mass is 35.5. The number of anilines is 1.